The summed E-state index contributed by atoms with van der Waals surface area (Å²) in [5.41, 5.74) is -0.883. The second-order valence-corrected chi connectivity index (χ2v) is 5.45. The second-order valence-electron chi connectivity index (χ2n) is 5.45. The molecule has 2 fully saturated rings. The van der Waals surface area contributed by atoms with E-state index in [1.807, 2.05) is 0 Å². The van der Waals surface area contributed by atoms with Crippen LogP contribution in [0.5, 0.6) is 0 Å². The summed E-state index contributed by atoms with van der Waals surface area (Å²) in [5.74, 6) is 1.13. The monoisotopic (exact) mass is 213 g/mol. The average Bonchev–Trinajstić information content (AvgIpc) is 2.30. The van der Waals surface area contributed by atoms with Gasteiger partial charge in [0.2, 0.25) is 0 Å². The molecule has 15 heavy (non-hydrogen) atoms. The van der Waals surface area contributed by atoms with Crippen LogP contribution in [0.1, 0.15) is 51.9 Å². The number of rotatable bonds is 2. The molecule has 3 unspecified atom stereocenters. The van der Waals surface area contributed by atoms with E-state index >= 15 is 0 Å². The van der Waals surface area contributed by atoms with Gasteiger partial charge < -0.3 is 5.32 Å². The quantitative estimate of drug-likeness (QED) is 0.742. The predicted molar refractivity (Wildman–Crippen MR) is 61.7 cm³/mol. The summed E-state index contributed by atoms with van der Waals surface area (Å²) in [6.45, 7) is 3.86. The highest BCUT2D eigenvalue weighted by Gasteiger charge is 2.41. The number of nitrogens with one attached hydrogen (secondary N) is 1. The molecule has 0 aromatic heterocycles. The lowest BCUT2D eigenvalue weighted by molar-refractivity contribution is 0.0184. The fraction of sp³-hybridized carbons (Fsp3) is 1.00. The van der Waals surface area contributed by atoms with Crippen LogP contribution < -0.4 is 5.32 Å². The van der Waals surface area contributed by atoms with Gasteiger partial charge in [-0.3, -0.25) is 0 Å². The molecule has 1 N–H and O–H groups in total. The van der Waals surface area contributed by atoms with Crippen LogP contribution in [-0.4, -0.2) is 18.8 Å². The Morgan fingerprint density at radius 3 is 2.87 bits per heavy atom. The van der Waals surface area contributed by atoms with Crippen LogP contribution in [-0.2, 0) is 0 Å². The highest BCUT2D eigenvalue weighted by Crippen LogP contribution is 2.41. The minimum Gasteiger partial charge on any atom is -0.314 e. The van der Waals surface area contributed by atoms with Crippen molar-refractivity contribution in [2.45, 2.75) is 57.5 Å². The van der Waals surface area contributed by atoms with Crippen molar-refractivity contribution >= 4 is 0 Å². The Bertz CT molecular complexity index is 199. The van der Waals surface area contributed by atoms with E-state index in [-0.39, 0.29) is 0 Å². The lowest BCUT2D eigenvalue weighted by Crippen LogP contribution is -2.48. The number of piperidine rings is 1. The first kappa shape index (κ1) is 11.4. The largest absolute Gasteiger partial charge is 0.314 e. The van der Waals surface area contributed by atoms with Crippen molar-refractivity contribution in [3.8, 4) is 0 Å². The van der Waals surface area contributed by atoms with E-state index in [0.717, 1.165) is 38.1 Å². The van der Waals surface area contributed by atoms with Gasteiger partial charge in [0.25, 0.3) is 0 Å². The third kappa shape index (κ3) is 2.52. The maximum atomic E-state index is 14.7. The molecule has 1 aliphatic carbocycles. The van der Waals surface area contributed by atoms with Gasteiger partial charge in [-0.25, -0.2) is 4.39 Å². The molecule has 1 saturated heterocycles. The Hall–Kier alpha value is -0.110. The molecule has 0 aromatic carbocycles. The van der Waals surface area contributed by atoms with Crippen LogP contribution in [0.4, 0.5) is 4.39 Å². The van der Waals surface area contributed by atoms with Crippen molar-refractivity contribution in [3.05, 3.63) is 0 Å². The summed E-state index contributed by atoms with van der Waals surface area (Å²) >= 11 is 0. The molecule has 0 aromatic rings. The van der Waals surface area contributed by atoms with Crippen LogP contribution in [0.3, 0.4) is 0 Å². The fourth-order valence-electron chi connectivity index (χ4n) is 3.37. The average molecular weight is 213 g/mol. The second kappa shape index (κ2) is 4.82. The maximum absolute atomic E-state index is 14.7. The molecule has 0 bridgehead atoms. The van der Waals surface area contributed by atoms with Crippen molar-refractivity contribution in [1.29, 1.82) is 0 Å². The summed E-state index contributed by atoms with van der Waals surface area (Å²) in [6.07, 6.45) is 7.87. The van der Waals surface area contributed by atoms with E-state index in [1.165, 1.54) is 19.3 Å². The van der Waals surface area contributed by atoms with Crippen LogP contribution in [0, 0.1) is 11.8 Å². The standard InChI is InChI=1S/C13H24FN/c1-2-11-5-3-6-12(9-11)13(14)7-4-8-15-10-13/h11-12,15H,2-10H2,1H3. The van der Waals surface area contributed by atoms with Gasteiger partial charge in [0.05, 0.1) is 0 Å². The molecule has 0 amide bonds. The Labute approximate surface area is 92.8 Å². The molecule has 2 rings (SSSR count). The molecular weight excluding hydrogens is 189 g/mol. The third-order valence-electron chi connectivity index (χ3n) is 4.46. The van der Waals surface area contributed by atoms with E-state index in [0.29, 0.717) is 12.5 Å². The molecule has 2 heteroatoms. The van der Waals surface area contributed by atoms with Gasteiger partial charge in [-0.1, -0.05) is 26.2 Å². The van der Waals surface area contributed by atoms with Gasteiger partial charge in [-0.15, -0.1) is 0 Å². The number of hydrogen-bond donors (Lipinski definition) is 1. The minimum atomic E-state index is -0.883. The van der Waals surface area contributed by atoms with Crippen molar-refractivity contribution in [3.63, 3.8) is 0 Å². The van der Waals surface area contributed by atoms with Crippen LogP contribution in [0.25, 0.3) is 0 Å². The van der Waals surface area contributed by atoms with Gasteiger partial charge in [0.15, 0.2) is 0 Å². The topological polar surface area (TPSA) is 12.0 Å². The third-order valence-corrected chi connectivity index (χ3v) is 4.46. The number of alkyl halides is 1. The zero-order chi connectivity index (χ0) is 10.7. The molecule has 1 nitrogen and oxygen atoms in total. The first-order chi connectivity index (χ1) is 7.24. The highest BCUT2D eigenvalue weighted by molar-refractivity contribution is 4.94. The van der Waals surface area contributed by atoms with Gasteiger partial charge in [0, 0.05) is 6.54 Å². The van der Waals surface area contributed by atoms with Crippen LogP contribution in [0.2, 0.25) is 0 Å². The molecule has 1 aliphatic heterocycles. The number of hydrogen-bond acceptors (Lipinski definition) is 1. The molecule has 88 valence electrons. The number of halogens is 1. The zero-order valence-electron chi connectivity index (χ0n) is 9.90. The minimum absolute atomic E-state index is 0.337. The van der Waals surface area contributed by atoms with Crippen molar-refractivity contribution in [1.82, 2.24) is 5.32 Å². The van der Waals surface area contributed by atoms with Crippen molar-refractivity contribution < 1.29 is 4.39 Å². The normalized spacial score (nSPS) is 42.8. The Morgan fingerprint density at radius 1 is 1.33 bits per heavy atom. The Balaban J connectivity index is 1.95. The molecule has 3 atom stereocenters. The van der Waals surface area contributed by atoms with E-state index in [2.05, 4.69) is 12.2 Å². The van der Waals surface area contributed by atoms with Crippen molar-refractivity contribution in [2.24, 2.45) is 11.8 Å². The van der Waals surface area contributed by atoms with E-state index in [9.17, 15) is 4.39 Å². The molecule has 2 aliphatic rings. The van der Waals surface area contributed by atoms with Gasteiger partial charge in [-0.05, 0) is 44.1 Å². The zero-order valence-corrected chi connectivity index (χ0v) is 9.90. The van der Waals surface area contributed by atoms with E-state index in [1.54, 1.807) is 0 Å². The smallest absolute Gasteiger partial charge is 0.126 e. The lowest BCUT2D eigenvalue weighted by atomic mass is 9.70. The van der Waals surface area contributed by atoms with Crippen LogP contribution >= 0.6 is 0 Å². The molecule has 0 radical (unpaired) electrons. The summed E-state index contributed by atoms with van der Waals surface area (Å²) in [4.78, 5) is 0. The van der Waals surface area contributed by atoms with Crippen LogP contribution in [0.15, 0.2) is 0 Å². The van der Waals surface area contributed by atoms with Crippen molar-refractivity contribution in [2.75, 3.05) is 13.1 Å². The SMILES string of the molecule is CCC1CCCC(C2(F)CCCNC2)C1. The summed E-state index contributed by atoms with van der Waals surface area (Å²) in [7, 11) is 0. The van der Waals surface area contributed by atoms with Gasteiger partial charge >= 0.3 is 0 Å². The first-order valence-electron chi connectivity index (χ1n) is 6.64. The predicted octanol–water partition coefficient (Wildman–Crippen LogP) is 3.29. The highest BCUT2D eigenvalue weighted by atomic mass is 19.1. The van der Waals surface area contributed by atoms with Gasteiger partial charge in [0.1, 0.15) is 5.67 Å². The fourth-order valence-corrected chi connectivity index (χ4v) is 3.37. The Kier molecular flexibility index (Phi) is 3.65. The van der Waals surface area contributed by atoms with E-state index in [4.69, 9.17) is 0 Å². The summed E-state index contributed by atoms with van der Waals surface area (Å²) in [6, 6.07) is 0. The van der Waals surface area contributed by atoms with E-state index < -0.39 is 5.67 Å². The first-order valence-corrected chi connectivity index (χ1v) is 6.64. The molecular formula is C13H24FN. The summed E-state index contributed by atoms with van der Waals surface area (Å²) in [5, 5.41) is 3.23. The molecule has 1 saturated carbocycles. The summed E-state index contributed by atoms with van der Waals surface area (Å²) < 4.78 is 14.7. The molecule has 0 spiro atoms. The lowest BCUT2D eigenvalue weighted by Gasteiger charge is -2.41. The maximum Gasteiger partial charge on any atom is 0.126 e. The van der Waals surface area contributed by atoms with Gasteiger partial charge in [-0.2, -0.15) is 0 Å². The Morgan fingerprint density at radius 2 is 2.20 bits per heavy atom. The molecule has 1 heterocycles.